The standard InChI is InChI=1S/C11H14ClN3O/c1-8-7-10(9(2)15-14-8)11(16)13-6-4-3-5-12/h3-4,7H,5-6H2,1-2H3,(H,13,16)/b4-3+. The van der Waals surface area contributed by atoms with E-state index < -0.39 is 0 Å². The second-order valence-corrected chi connectivity index (χ2v) is 3.63. The van der Waals surface area contributed by atoms with Crippen LogP contribution in [0.2, 0.25) is 0 Å². The van der Waals surface area contributed by atoms with Gasteiger partial charge in [-0.15, -0.1) is 11.6 Å². The maximum Gasteiger partial charge on any atom is 0.253 e. The summed E-state index contributed by atoms with van der Waals surface area (Å²) in [5.74, 6) is 0.305. The molecule has 4 nitrogen and oxygen atoms in total. The molecule has 0 atom stereocenters. The molecule has 0 saturated heterocycles. The Morgan fingerprint density at radius 1 is 1.44 bits per heavy atom. The predicted octanol–water partition coefficient (Wildman–Crippen LogP) is 1.62. The van der Waals surface area contributed by atoms with Crippen LogP contribution in [0.3, 0.4) is 0 Å². The molecule has 0 aliphatic heterocycles. The molecule has 0 unspecified atom stereocenters. The number of allylic oxidation sites excluding steroid dienone is 1. The van der Waals surface area contributed by atoms with E-state index in [1.807, 2.05) is 6.08 Å². The molecule has 0 radical (unpaired) electrons. The van der Waals surface area contributed by atoms with Crippen LogP contribution in [-0.2, 0) is 0 Å². The molecule has 0 aliphatic carbocycles. The van der Waals surface area contributed by atoms with Gasteiger partial charge in [-0.1, -0.05) is 12.2 Å². The van der Waals surface area contributed by atoms with Crippen LogP contribution in [0.25, 0.3) is 0 Å². The summed E-state index contributed by atoms with van der Waals surface area (Å²) in [4.78, 5) is 11.7. The van der Waals surface area contributed by atoms with Crippen LogP contribution in [0.4, 0.5) is 0 Å². The third-order valence-electron chi connectivity index (χ3n) is 1.98. The first-order chi connectivity index (χ1) is 7.65. The Bertz CT molecular complexity index is 404. The number of nitrogens with zero attached hydrogens (tertiary/aromatic N) is 2. The Hall–Kier alpha value is -1.42. The summed E-state index contributed by atoms with van der Waals surface area (Å²) >= 11 is 5.46. The second-order valence-electron chi connectivity index (χ2n) is 3.32. The monoisotopic (exact) mass is 239 g/mol. The van der Waals surface area contributed by atoms with Crippen LogP contribution < -0.4 is 5.32 Å². The third kappa shape index (κ3) is 3.62. The Morgan fingerprint density at radius 3 is 2.88 bits per heavy atom. The molecule has 1 rings (SSSR count). The zero-order valence-corrected chi connectivity index (χ0v) is 10.1. The smallest absolute Gasteiger partial charge is 0.253 e. The SMILES string of the molecule is Cc1cc(C(=O)NC/C=C/CCl)c(C)nn1. The number of hydrogen-bond donors (Lipinski definition) is 1. The van der Waals surface area contributed by atoms with Crippen molar-refractivity contribution in [3.8, 4) is 0 Å². The third-order valence-corrected chi connectivity index (χ3v) is 2.16. The number of halogens is 1. The maximum atomic E-state index is 11.7. The topological polar surface area (TPSA) is 54.9 Å². The minimum Gasteiger partial charge on any atom is -0.349 e. The van der Waals surface area contributed by atoms with E-state index in [0.29, 0.717) is 23.7 Å². The molecule has 0 aromatic carbocycles. The Kier molecular flexibility index (Phi) is 4.92. The Morgan fingerprint density at radius 2 is 2.19 bits per heavy atom. The minimum absolute atomic E-state index is 0.144. The van der Waals surface area contributed by atoms with E-state index in [4.69, 9.17) is 11.6 Å². The van der Waals surface area contributed by atoms with Crippen molar-refractivity contribution >= 4 is 17.5 Å². The highest BCUT2D eigenvalue weighted by Gasteiger charge is 2.09. The molecule has 1 heterocycles. The van der Waals surface area contributed by atoms with E-state index >= 15 is 0 Å². The number of amides is 1. The van der Waals surface area contributed by atoms with Gasteiger partial charge in [0.15, 0.2) is 0 Å². The molecular weight excluding hydrogens is 226 g/mol. The number of carbonyl (C=O) groups is 1. The van der Waals surface area contributed by atoms with E-state index in [1.54, 1.807) is 26.0 Å². The molecular formula is C11H14ClN3O. The van der Waals surface area contributed by atoms with Crippen molar-refractivity contribution < 1.29 is 4.79 Å². The van der Waals surface area contributed by atoms with Crippen LogP contribution >= 0.6 is 11.6 Å². The van der Waals surface area contributed by atoms with Gasteiger partial charge in [0.25, 0.3) is 5.91 Å². The van der Waals surface area contributed by atoms with Crippen molar-refractivity contribution in [2.24, 2.45) is 0 Å². The van der Waals surface area contributed by atoms with Gasteiger partial charge in [-0.25, -0.2) is 0 Å². The van der Waals surface area contributed by atoms with E-state index in [0.717, 1.165) is 5.69 Å². The average Bonchev–Trinajstić information content (AvgIpc) is 2.27. The summed E-state index contributed by atoms with van der Waals surface area (Å²) in [7, 11) is 0. The number of rotatable bonds is 4. The summed E-state index contributed by atoms with van der Waals surface area (Å²) in [6, 6.07) is 1.73. The van der Waals surface area contributed by atoms with E-state index in [9.17, 15) is 4.79 Å². The quantitative estimate of drug-likeness (QED) is 0.642. The molecule has 16 heavy (non-hydrogen) atoms. The maximum absolute atomic E-state index is 11.7. The lowest BCUT2D eigenvalue weighted by Gasteiger charge is -2.05. The summed E-state index contributed by atoms with van der Waals surface area (Å²) in [5, 5.41) is 10.5. The second kappa shape index (κ2) is 6.23. The van der Waals surface area contributed by atoms with Gasteiger partial charge in [-0.05, 0) is 19.9 Å². The first-order valence-corrected chi connectivity index (χ1v) is 5.48. The number of nitrogens with one attached hydrogen (secondary N) is 1. The largest absolute Gasteiger partial charge is 0.349 e. The van der Waals surface area contributed by atoms with Gasteiger partial charge in [-0.3, -0.25) is 4.79 Å². The van der Waals surface area contributed by atoms with Crippen LogP contribution in [0.1, 0.15) is 21.7 Å². The predicted molar refractivity (Wildman–Crippen MR) is 63.7 cm³/mol. The lowest BCUT2D eigenvalue weighted by Crippen LogP contribution is -2.24. The van der Waals surface area contributed by atoms with Gasteiger partial charge in [0.1, 0.15) is 0 Å². The van der Waals surface area contributed by atoms with E-state index in [2.05, 4.69) is 15.5 Å². The fourth-order valence-corrected chi connectivity index (χ4v) is 1.30. The average molecular weight is 240 g/mol. The van der Waals surface area contributed by atoms with Gasteiger partial charge in [-0.2, -0.15) is 10.2 Å². The molecule has 1 amide bonds. The normalized spacial score (nSPS) is 10.7. The van der Waals surface area contributed by atoms with Gasteiger partial charge >= 0.3 is 0 Å². The lowest BCUT2D eigenvalue weighted by molar-refractivity contribution is 0.0956. The molecule has 1 aromatic rings. The van der Waals surface area contributed by atoms with Gasteiger partial charge < -0.3 is 5.32 Å². The highest BCUT2D eigenvalue weighted by Crippen LogP contribution is 2.04. The molecule has 0 bridgehead atoms. The lowest BCUT2D eigenvalue weighted by atomic mass is 10.2. The highest BCUT2D eigenvalue weighted by atomic mass is 35.5. The van der Waals surface area contributed by atoms with Crippen molar-refractivity contribution in [3.05, 3.63) is 35.2 Å². The zero-order valence-electron chi connectivity index (χ0n) is 9.33. The molecule has 5 heteroatoms. The molecule has 1 aromatic heterocycles. The van der Waals surface area contributed by atoms with Gasteiger partial charge in [0.2, 0.25) is 0 Å². The van der Waals surface area contributed by atoms with Crippen LogP contribution in [0.5, 0.6) is 0 Å². The molecule has 86 valence electrons. The molecule has 0 aliphatic rings. The number of hydrogen-bond acceptors (Lipinski definition) is 3. The Balaban J connectivity index is 2.65. The van der Waals surface area contributed by atoms with Crippen molar-refractivity contribution in [2.45, 2.75) is 13.8 Å². The Labute approximate surface area is 99.7 Å². The number of aromatic nitrogens is 2. The first kappa shape index (κ1) is 12.6. The van der Waals surface area contributed by atoms with Crippen molar-refractivity contribution in [1.29, 1.82) is 0 Å². The molecule has 0 spiro atoms. The molecule has 0 fully saturated rings. The molecule has 1 N–H and O–H groups in total. The first-order valence-electron chi connectivity index (χ1n) is 4.95. The zero-order chi connectivity index (χ0) is 12.0. The summed E-state index contributed by atoms with van der Waals surface area (Å²) < 4.78 is 0. The van der Waals surface area contributed by atoms with Crippen LogP contribution in [-0.4, -0.2) is 28.5 Å². The summed E-state index contributed by atoms with van der Waals surface area (Å²) in [6.07, 6.45) is 3.59. The van der Waals surface area contributed by atoms with Crippen molar-refractivity contribution in [1.82, 2.24) is 15.5 Å². The van der Waals surface area contributed by atoms with Crippen molar-refractivity contribution in [3.63, 3.8) is 0 Å². The molecule has 0 saturated carbocycles. The van der Waals surface area contributed by atoms with Gasteiger partial charge in [0, 0.05) is 12.4 Å². The number of aryl methyl sites for hydroxylation is 2. The number of carbonyl (C=O) groups excluding carboxylic acids is 1. The van der Waals surface area contributed by atoms with Gasteiger partial charge in [0.05, 0.1) is 17.0 Å². The fourth-order valence-electron chi connectivity index (χ4n) is 1.17. The fraction of sp³-hybridized carbons (Fsp3) is 0.364. The minimum atomic E-state index is -0.144. The highest BCUT2D eigenvalue weighted by molar-refractivity contribution is 6.18. The van der Waals surface area contributed by atoms with E-state index in [1.165, 1.54) is 0 Å². The number of alkyl halides is 1. The summed E-state index contributed by atoms with van der Waals surface area (Å²) in [6.45, 7) is 4.03. The van der Waals surface area contributed by atoms with Crippen LogP contribution in [0, 0.1) is 13.8 Å². The van der Waals surface area contributed by atoms with Crippen molar-refractivity contribution in [2.75, 3.05) is 12.4 Å². The van der Waals surface area contributed by atoms with Crippen LogP contribution in [0.15, 0.2) is 18.2 Å². The summed E-state index contributed by atoms with van der Waals surface area (Å²) in [5.41, 5.74) is 1.92. The van der Waals surface area contributed by atoms with E-state index in [-0.39, 0.29) is 5.91 Å².